The number of ether oxygens (including phenoxy) is 1. The van der Waals surface area contributed by atoms with Gasteiger partial charge in [-0.25, -0.2) is 4.98 Å². The highest BCUT2D eigenvalue weighted by molar-refractivity contribution is 14.0. The van der Waals surface area contributed by atoms with Crippen molar-refractivity contribution in [2.75, 3.05) is 20.2 Å². The Labute approximate surface area is 185 Å². The van der Waals surface area contributed by atoms with Crippen molar-refractivity contribution in [2.24, 2.45) is 4.99 Å². The van der Waals surface area contributed by atoms with Gasteiger partial charge in [-0.2, -0.15) is 13.2 Å². The highest BCUT2D eigenvalue weighted by Gasteiger charge is 2.44. The third-order valence-corrected chi connectivity index (χ3v) is 4.73. The van der Waals surface area contributed by atoms with Gasteiger partial charge in [-0.1, -0.05) is 36.4 Å². The molecule has 0 saturated heterocycles. The van der Waals surface area contributed by atoms with E-state index in [1.807, 2.05) is 18.2 Å². The standard InChI is InChI=1S/C20H23F3N4O.HI/c1-24-18(27-13-19(9-10-19)16-7-3-2-4-8-16)26-12-15-6-5-11-25-17(15)28-14-20(21,22)23;/h2-8,11H,9-10,12-14H2,1H3,(H2,24,26,27);1H. The average Bonchev–Trinajstić information content (AvgIpc) is 3.48. The Morgan fingerprint density at radius 2 is 1.86 bits per heavy atom. The highest BCUT2D eigenvalue weighted by Crippen LogP contribution is 2.47. The molecule has 0 spiro atoms. The van der Waals surface area contributed by atoms with Gasteiger partial charge in [-0.3, -0.25) is 4.99 Å². The van der Waals surface area contributed by atoms with Gasteiger partial charge in [0.15, 0.2) is 12.6 Å². The number of hydrogen-bond donors (Lipinski definition) is 2. The molecule has 0 aliphatic heterocycles. The molecule has 0 radical (unpaired) electrons. The maximum absolute atomic E-state index is 12.4. The molecule has 1 fully saturated rings. The molecular formula is C20H24F3IN4O. The Morgan fingerprint density at radius 1 is 1.14 bits per heavy atom. The average molecular weight is 520 g/mol. The molecule has 1 heterocycles. The number of aromatic nitrogens is 1. The first-order valence-electron chi connectivity index (χ1n) is 9.05. The van der Waals surface area contributed by atoms with E-state index in [1.165, 1.54) is 11.8 Å². The monoisotopic (exact) mass is 520 g/mol. The van der Waals surface area contributed by atoms with Gasteiger partial charge in [0.05, 0.1) is 0 Å². The first-order valence-corrected chi connectivity index (χ1v) is 9.05. The molecule has 1 aromatic heterocycles. The number of nitrogens with zero attached hydrogens (tertiary/aromatic N) is 2. The lowest BCUT2D eigenvalue weighted by Crippen LogP contribution is -2.41. The molecule has 3 rings (SSSR count). The predicted octanol–water partition coefficient (Wildman–Crippen LogP) is 4.04. The maximum atomic E-state index is 12.4. The third-order valence-electron chi connectivity index (χ3n) is 4.73. The molecule has 1 aromatic carbocycles. The van der Waals surface area contributed by atoms with Gasteiger partial charge in [0.2, 0.25) is 5.88 Å². The number of pyridine rings is 1. The highest BCUT2D eigenvalue weighted by atomic mass is 127. The quantitative estimate of drug-likeness (QED) is 0.329. The second-order valence-corrected chi connectivity index (χ2v) is 6.80. The summed E-state index contributed by atoms with van der Waals surface area (Å²) < 4.78 is 42.0. The van der Waals surface area contributed by atoms with E-state index in [0.29, 0.717) is 11.5 Å². The molecule has 0 bridgehead atoms. The van der Waals surface area contributed by atoms with Crippen LogP contribution in [0.1, 0.15) is 24.0 Å². The summed E-state index contributed by atoms with van der Waals surface area (Å²) in [6, 6.07) is 13.7. The molecule has 0 atom stereocenters. The lowest BCUT2D eigenvalue weighted by Gasteiger charge is -2.19. The second-order valence-electron chi connectivity index (χ2n) is 6.80. The fourth-order valence-corrected chi connectivity index (χ4v) is 3.00. The van der Waals surface area contributed by atoms with Crippen LogP contribution in [0.2, 0.25) is 0 Å². The van der Waals surface area contributed by atoms with E-state index < -0.39 is 12.8 Å². The van der Waals surface area contributed by atoms with E-state index in [4.69, 9.17) is 4.74 Å². The van der Waals surface area contributed by atoms with Gasteiger partial charge >= 0.3 is 6.18 Å². The molecule has 9 heteroatoms. The first-order chi connectivity index (χ1) is 13.4. The smallest absolute Gasteiger partial charge is 0.422 e. The number of hydrogen-bond acceptors (Lipinski definition) is 3. The van der Waals surface area contributed by atoms with E-state index in [9.17, 15) is 13.2 Å². The normalized spacial score (nSPS) is 15.2. The summed E-state index contributed by atoms with van der Waals surface area (Å²) in [7, 11) is 1.65. The molecule has 0 unspecified atom stereocenters. The zero-order valence-corrected chi connectivity index (χ0v) is 18.3. The Bertz CT molecular complexity index is 811. The summed E-state index contributed by atoms with van der Waals surface area (Å²) in [5.74, 6) is 0.540. The number of aliphatic imine (C=N–C) groups is 1. The van der Waals surface area contributed by atoms with Crippen LogP contribution in [0.25, 0.3) is 0 Å². The van der Waals surface area contributed by atoms with Gasteiger partial charge in [-0.15, -0.1) is 24.0 Å². The van der Waals surface area contributed by atoms with E-state index in [2.05, 4.69) is 32.7 Å². The minimum Gasteiger partial charge on any atom is -0.468 e. The van der Waals surface area contributed by atoms with Crippen molar-refractivity contribution in [3.8, 4) is 5.88 Å². The molecule has 5 nitrogen and oxygen atoms in total. The fourth-order valence-electron chi connectivity index (χ4n) is 3.00. The van der Waals surface area contributed by atoms with Crippen molar-refractivity contribution in [2.45, 2.75) is 31.0 Å². The van der Waals surface area contributed by atoms with Crippen LogP contribution in [0.3, 0.4) is 0 Å². The van der Waals surface area contributed by atoms with Crippen LogP contribution in [0, 0.1) is 0 Å². The van der Waals surface area contributed by atoms with Crippen LogP contribution in [0.5, 0.6) is 5.88 Å². The van der Waals surface area contributed by atoms with Crippen LogP contribution in [-0.4, -0.2) is 37.3 Å². The lowest BCUT2D eigenvalue weighted by atomic mass is 9.96. The summed E-state index contributed by atoms with van der Waals surface area (Å²) in [5, 5.41) is 6.43. The second kappa shape index (κ2) is 10.1. The number of alkyl halides is 3. The SMILES string of the molecule is CN=C(NCc1cccnc1OCC(F)(F)F)NCC1(c2ccccc2)CC1.I. The zero-order valence-electron chi connectivity index (χ0n) is 16.0. The first kappa shape index (κ1) is 23.2. The summed E-state index contributed by atoms with van der Waals surface area (Å²) in [6.45, 7) is -0.385. The summed E-state index contributed by atoms with van der Waals surface area (Å²) in [5.41, 5.74) is 1.95. The Hall–Kier alpha value is -2.04. The van der Waals surface area contributed by atoms with Crippen molar-refractivity contribution in [3.05, 3.63) is 59.8 Å². The van der Waals surface area contributed by atoms with Crippen LogP contribution < -0.4 is 15.4 Å². The zero-order chi connectivity index (χ0) is 20.0. The van der Waals surface area contributed by atoms with Crippen LogP contribution in [-0.2, 0) is 12.0 Å². The van der Waals surface area contributed by atoms with E-state index in [1.54, 1.807) is 19.2 Å². The minimum absolute atomic E-state index is 0. The Balaban J connectivity index is 0.00000300. The number of halogens is 4. The van der Waals surface area contributed by atoms with Crippen LogP contribution >= 0.6 is 24.0 Å². The number of benzene rings is 1. The molecule has 1 aliphatic carbocycles. The van der Waals surface area contributed by atoms with Crippen LogP contribution in [0.15, 0.2) is 53.7 Å². The number of nitrogens with one attached hydrogen (secondary N) is 2. The molecule has 2 aromatic rings. The van der Waals surface area contributed by atoms with Crippen molar-refractivity contribution in [1.29, 1.82) is 0 Å². The largest absolute Gasteiger partial charge is 0.468 e. The third kappa shape index (κ3) is 6.76. The topological polar surface area (TPSA) is 58.5 Å². The molecule has 1 aliphatic rings. The van der Waals surface area contributed by atoms with Crippen LogP contribution in [0.4, 0.5) is 13.2 Å². The van der Waals surface area contributed by atoms with E-state index >= 15 is 0 Å². The van der Waals surface area contributed by atoms with E-state index in [-0.39, 0.29) is 41.8 Å². The van der Waals surface area contributed by atoms with Gasteiger partial charge in [0.1, 0.15) is 0 Å². The van der Waals surface area contributed by atoms with Crippen molar-refractivity contribution >= 4 is 29.9 Å². The lowest BCUT2D eigenvalue weighted by molar-refractivity contribution is -0.154. The summed E-state index contributed by atoms with van der Waals surface area (Å²) >= 11 is 0. The van der Waals surface area contributed by atoms with Crippen molar-refractivity contribution < 1.29 is 17.9 Å². The minimum atomic E-state index is -4.41. The summed E-state index contributed by atoms with van der Waals surface area (Å²) in [4.78, 5) is 8.09. The molecular weight excluding hydrogens is 496 g/mol. The van der Waals surface area contributed by atoms with Gasteiger partial charge in [0, 0.05) is 37.3 Å². The fraction of sp³-hybridized carbons (Fsp3) is 0.400. The van der Waals surface area contributed by atoms with Crippen molar-refractivity contribution in [3.63, 3.8) is 0 Å². The Kier molecular flexibility index (Phi) is 8.12. The van der Waals surface area contributed by atoms with E-state index in [0.717, 1.165) is 19.4 Å². The number of rotatable bonds is 7. The Morgan fingerprint density at radius 3 is 2.48 bits per heavy atom. The van der Waals surface area contributed by atoms with Gasteiger partial charge in [0.25, 0.3) is 0 Å². The van der Waals surface area contributed by atoms with Gasteiger partial charge in [-0.05, 0) is 24.5 Å². The maximum Gasteiger partial charge on any atom is 0.422 e. The summed E-state index contributed by atoms with van der Waals surface area (Å²) in [6.07, 6.45) is -0.785. The number of guanidine groups is 1. The molecule has 0 amide bonds. The van der Waals surface area contributed by atoms with Gasteiger partial charge < -0.3 is 15.4 Å². The molecule has 1 saturated carbocycles. The molecule has 29 heavy (non-hydrogen) atoms. The molecule has 158 valence electrons. The molecule has 2 N–H and O–H groups in total. The predicted molar refractivity (Wildman–Crippen MR) is 117 cm³/mol. The van der Waals surface area contributed by atoms with Crippen molar-refractivity contribution in [1.82, 2.24) is 15.6 Å².